The van der Waals surface area contributed by atoms with E-state index >= 15 is 8.78 Å². The van der Waals surface area contributed by atoms with Gasteiger partial charge in [-0.15, -0.1) is 0 Å². The molecule has 2 aliphatic rings. The van der Waals surface area contributed by atoms with Gasteiger partial charge in [0, 0.05) is 41.5 Å². The quantitative estimate of drug-likeness (QED) is 0.565. The second kappa shape index (κ2) is 7.78. The molecule has 0 radical (unpaired) electrons. The maximum atomic E-state index is 15.7. The van der Waals surface area contributed by atoms with Crippen molar-refractivity contribution in [2.45, 2.75) is 51.2 Å². The Morgan fingerprint density at radius 2 is 1.88 bits per heavy atom. The molecule has 1 N–H and O–H groups in total. The van der Waals surface area contributed by atoms with Crippen molar-refractivity contribution >= 4 is 28.5 Å². The van der Waals surface area contributed by atoms with Gasteiger partial charge in [0.25, 0.3) is 5.91 Å². The molecule has 2 aliphatic heterocycles. The molecule has 0 aliphatic carbocycles. The fourth-order valence-corrected chi connectivity index (χ4v) is 4.66. The zero-order valence-corrected chi connectivity index (χ0v) is 19.3. The first kappa shape index (κ1) is 22.3. The Morgan fingerprint density at radius 3 is 2.59 bits per heavy atom. The highest BCUT2D eigenvalue weighted by Gasteiger charge is 2.39. The minimum atomic E-state index is -3.29. The molecular formula is C25H26F2N4O3. The van der Waals surface area contributed by atoms with E-state index in [1.165, 1.54) is 24.5 Å². The summed E-state index contributed by atoms with van der Waals surface area (Å²) in [4.78, 5) is 26.1. The summed E-state index contributed by atoms with van der Waals surface area (Å²) in [6.45, 7) is 6.40. The van der Waals surface area contributed by atoms with E-state index in [0.717, 1.165) is 0 Å². The molecule has 9 heteroatoms. The van der Waals surface area contributed by atoms with Gasteiger partial charge in [-0.05, 0) is 57.2 Å². The molecule has 34 heavy (non-hydrogen) atoms. The highest BCUT2D eigenvalue weighted by atomic mass is 19.3. The van der Waals surface area contributed by atoms with Crippen LogP contribution in [-0.2, 0) is 10.7 Å². The largest absolute Gasteiger partial charge is 0.444 e. The van der Waals surface area contributed by atoms with Crippen LogP contribution >= 0.6 is 0 Å². The third-order valence-electron chi connectivity index (χ3n) is 6.33. The van der Waals surface area contributed by atoms with Gasteiger partial charge in [0.2, 0.25) is 0 Å². The first-order valence-electron chi connectivity index (χ1n) is 11.3. The Labute approximate surface area is 195 Å². The number of nitrogens with one attached hydrogen (secondary N) is 1. The summed E-state index contributed by atoms with van der Waals surface area (Å²) in [5.41, 5.74) is 0.00619. The number of likely N-dealkylation sites (tertiary alicyclic amines) is 1. The van der Waals surface area contributed by atoms with E-state index in [9.17, 15) is 9.59 Å². The van der Waals surface area contributed by atoms with Crippen LogP contribution in [0.25, 0.3) is 10.8 Å². The van der Waals surface area contributed by atoms with E-state index in [-0.39, 0.29) is 29.2 Å². The molecule has 1 aromatic heterocycles. The number of amides is 2. The van der Waals surface area contributed by atoms with Crippen molar-refractivity contribution in [3.05, 3.63) is 59.4 Å². The molecule has 178 valence electrons. The lowest BCUT2D eigenvalue weighted by Gasteiger charge is -2.33. The third-order valence-corrected chi connectivity index (χ3v) is 6.33. The molecule has 2 aromatic carbocycles. The van der Waals surface area contributed by atoms with Crippen molar-refractivity contribution in [2.24, 2.45) is 0 Å². The van der Waals surface area contributed by atoms with E-state index in [4.69, 9.17) is 4.74 Å². The Kier molecular flexibility index (Phi) is 5.11. The number of hydrogen-bond donors (Lipinski definition) is 1. The first-order valence-corrected chi connectivity index (χ1v) is 11.3. The lowest BCUT2D eigenvalue weighted by molar-refractivity contribution is 0.0184. The number of halogens is 2. The summed E-state index contributed by atoms with van der Waals surface area (Å²) >= 11 is 0. The van der Waals surface area contributed by atoms with Crippen LogP contribution in [0.15, 0.2) is 42.7 Å². The second-order valence-electron chi connectivity index (χ2n) is 9.82. The SMILES string of the molecule is CC(C)(C)OC(=O)N1CCC(n2cc(C(F)(F)c3ccc4c5c(cccc35)C(=O)N4)cn2)CC1. The highest BCUT2D eigenvalue weighted by Crippen LogP contribution is 2.44. The van der Waals surface area contributed by atoms with Crippen LogP contribution < -0.4 is 5.32 Å². The van der Waals surface area contributed by atoms with Gasteiger partial charge in [-0.25, -0.2) is 4.79 Å². The topological polar surface area (TPSA) is 76.5 Å². The Balaban J connectivity index is 1.36. The van der Waals surface area contributed by atoms with Crippen LogP contribution in [0.4, 0.5) is 19.3 Å². The summed E-state index contributed by atoms with van der Waals surface area (Å²) in [6, 6.07) is 7.67. The summed E-state index contributed by atoms with van der Waals surface area (Å²) in [7, 11) is 0. The van der Waals surface area contributed by atoms with Gasteiger partial charge in [0.1, 0.15) is 5.60 Å². The Morgan fingerprint density at radius 1 is 1.15 bits per heavy atom. The molecular weight excluding hydrogens is 442 g/mol. The van der Waals surface area contributed by atoms with E-state index in [0.29, 0.717) is 48.0 Å². The van der Waals surface area contributed by atoms with E-state index in [1.807, 2.05) is 20.8 Å². The average Bonchev–Trinajstić information content (AvgIpc) is 3.40. The predicted molar refractivity (Wildman–Crippen MR) is 123 cm³/mol. The molecule has 1 fully saturated rings. The highest BCUT2D eigenvalue weighted by molar-refractivity contribution is 6.24. The predicted octanol–water partition coefficient (Wildman–Crippen LogP) is 5.31. The molecule has 3 aromatic rings. The van der Waals surface area contributed by atoms with Gasteiger partial charge < -0.3 is 15.0 Å². The molecule has 5 rings (SSSR count). The molecule has 0 unspecified atom stereocenters. The normalized spacial score (nSPS) is 16.7. The van der Waals surface area contributed by atoms with Crippen LogP contribution in [0.3, 0.4) is 0 Å². The summed E-state index contributed by atoms with van der Waals surface area (Å²) in [5.74, 6) is -3.58. The van der Waals surface area contributed by atoms with Crippen molar-refractivity contribution < 1.29 is 23.1 Å². The molecule has 2 amide bonds. The molecule has 3 heterocycles. The third kappa shape index (κ3) is 3.78. The van der Waals surface area contributed by atoms with E-state index in [2.05, 4.69) is 10.4 Å². The first-order chi connectivity index (χ1) is 16.0. The smallest absolute Gasteiger partial charge is 0.410 e. The van der Waals surface area contributed by atoms with Crippen molar-refractivity contribution in [3.8, 4) is 0 Å². The molecule has 7 nitrogen and oxygen atoms in total. The lowest BCUT2D eigenvalue weighted by Crippen LogP contribution is -2.42. The van der Waals surface area contributed by atoms with Crippen molar-refractivity contribution in [2.75, 3.05) is 18.4 Å². The summed E-state index contributed by atoms with van der Waals surface area (Å²) in [5, 5.41) is 7.82. The van der Waals surface area contributed by atoms with Crippen LogP contribution in [0.1, 0.15) is 61.1 Å². The van der Waals surface area contributed by atoms with Crippen molar-refractivity contribution in [3.63, 3.8) is 0 Å². The number of benzene rings is 2. The van der Waals surface area contributed by atoms with Crippen LogP contribution in [0.2, 0.25) is 0 Å². The average molecular weight is 469 g/mol. The standard InChI is InChI=1S/C25H26F2N4O3/c1-24(2,3)34-23(33)30-11-9-16(10-12-30)31-14-15(13-28-31)25(26,27)19-7-8-20-21-17(19)5-4-6-18(21)22(32)29-20/h4-8,13-14,16H,9-12H2,1-3H3,(H,29,32). The van der Waals surface area contributed by atoms with Crippen LogP contribution in [0, 0.1) is 0 Å². The molecule has 1 saturated heterocycles. The number of aromatic nitrogens is 2. The number of rotatable bonds is 3. The number of anilines is 1. The van der Waals surface area contributed by atoms with Crippen molar-refractivity contribution in [1.82, 2.24) is 14.7 Å². The number of carbonyl (C=O) groups excluding carboxylic acids is 2. The lowest BCUT2D eigenvalue weighted by atomic mass is 9.94. The fraction of sp³-hybridized carbons (Fsp3) is 0.400. The minimum absolute atomic E-state index is 0.0853. The number of hydrogen-bond acceptors (Lipinski definition) is 4. The van der Waals surface area contributed by atoms with Gasteiger partial charge >= 0.3 is 12.0 Å². The molecule has 0 bridgehead atoms. The Hall–Kier alpha value is -3.49. The molecule has 0 spiro atoms. The number of ether oxygens (including phenoxy) is 1. The maximum absolute atomic E-state index is 15.7. The van der Waals surface area contributed by atoms with Crippen LogP contribution in [0.5, 0.6) is 0 Å². The molecule has 0 saturated carbocycles. The maximum Gasteiger partial charge on any atom is 0.410 e. The van der Waals surface area contributed by atoms with Gasteiger partial charge in [-0.1, -0.05) is 12.1 Å². The summed E-state index contributed by atoms with van der Waals surface area (Å²) in [6.07, 6.45) is 3.42. The monoisotopic (exact) mass is 468 g/mol. The number of nitrogens with zero attached hydrogens (tertiary/aromatic N) is 3. The van der Waals surface area contributed by atoms with Gasteiger partial charge in [0.15, 0.2) is 0 Å². The summed E-state index contributed by atoms with van der Waals surface area (Å²) < 4.78 is 38.3. The fourth-order valence-electron chi connectivity index (χ4n) is 4.66. The van der Waals surface area contributed by atoms with Gasteiger partial charge in [-0.2, -0.15) is 13.9 Å². The van der Waals surface area contributed by atoms with Crippen LogP contribution in [-0.4, -0.2) is 45.4 Å². The minimum Gasteiger partial charge on any atom is -0.444 e. The number of carbonyl (C=O) groups is 2. The molecule has 0 atom stereocenters. The van der Waals surface area contributed by atoms with E-state index in [1.54, 1.807) is 27.8 Å². The van der Waals surface area contributed by atoms with Crippen molar-refractivity contribution in [1.29, 1.82) is 0 Å². The van der Waals surface area contributed by atoms with Gasteiger partial charge in [-0.3, -0.25) is 9.48 Å². The number of piperidine rings is 1. The second-order valence-corrected chi connectivity index (χ2v) is 9.82. The van der Waals surface area contributed by atoms with Gasteiger partial charge in [0.05, 0.1) is 17.8 Å². The Bertz CT molecular complexity index is 1290. The number of alkyl halides is 2. The van der Waals surface area contributed by atoms with E-state index < -0.39 is 11.5 Å². The zero-order chi connectivity index (χ0) is 24.3. The zero-order valence-electron chi connectivity index (χ0n) is 19.3.